The summed E-state index contributed by atoms with van der Waals surface area (Å²) in [7, 11) is 0. The molecule has 0 aromatic heterocycles. The molecule has 5 nitrogen and oxygen atoms in total. The number of hydrogen-bond acceptors (Lipinski definition) is 5. The van der Waals surface area contributed by atoms with Gasteiger partial charge in [0.25, 0.3) is 0 Å². The lowest BCUT2D eigenvalue weighted by molar-refractivity contribution is -0.147. The average molecular weight is 291 g/mol. The molecule has 1 saturated heterocycles. The van der Waals surface area contributed by atoms with Gasteiger partial charge >= 0.3 is 5.97 Å². The molecule has 0 bridgehead atoms. The summed E-state index contributed by atoms with van der Waals surface area (Å²) in [5.41, 5.74) is 0.545. The standard InChI is InChI=1S/C16H21NO4/c1-2-21-16(19)14(12-17-8-10-20-11-9-17)15(18)13-6-4-3-5-7-13/h3-7,14H,2,8-12H2,1H3. The summed E-state index contributed by atoms with van der Waals surface area (Å²) in [4.78, 5) is 26.8. The van der Waals surface area contributed by atoms with Crippen LogP contribution in [0.25, 0.3) is 0 Å². The average Bonchev–Trinajstić information content (AvgIpc) is 2.54. The molecule has 1 aromatic rings. The number of Topliss-reactive ketones (excluding diaryl/α,β-unsaturated/α-hetero) is 1. The van der Waals surface area contributed by atoms with Gasteiger partial charge in [0, 0.05) is 25.2 Å². The molecular formula is C16H21NO4. The van der Waals surface area contributed by atoms with E-state index in [9.17, 15) is 9.59 Å². The molecule has 0 aliphatic carbocycles. The Bertz CT molecular complexity index is 468. The van der Waals surface area contributed by atoms with Crippen molar-refractivity contribution in [2.75, 3.05) is 39.5 Å². The molecule has 1 aliphatic heterocycles. The van der Waals surface area contributed by atoms with Gasteiger partial charge in [-0.05, 0) is 6.92 Å². The molecule has 0 radical (unpaired) electrons. The van der Waals surface area contributed by atoms with Crippen LogP contribution < -0.4 is 0 Å². The molecule has 1 aliphatic rings. The lowest BCUT2D eigenvalue weighted by Crippen LogP contribution is -2.43. The molecule has 1 aromatic carbocycles. The van der Waals surface area contributed by atoms with Gasteiger partial charge in [0.1, 0.15) is 5.92 Å². The quantitative estimate of drug-likeness (QED) is 0.450. The third kappa shape index (κ3) is 4.37. The maximum atomic E-state index is 12.6. The first-order valence-electron chi connectivity index (χ1n) is 7.28. The predicted molar refractivity (Wildman–Crippen MR) is 78.2 cm³/mol. The Morgan fingerprint density at radius 2 is 1.90 bits per heavy atom. The van der Waals surface area contributed by atoms with Crippen molar-refractivity contribution in [1.29, 1.82) is 0 Å². The molecule has 0 amide bonds. The second-order valence-corrected chi connectivity index (χ2v) is 4.95. The lowest BCUT2D eigenvalue weighted by atomic mass is 9.97. The maximum absolute atomic E-state index is 12.6. The normalized spacial score (nSPS) is 17.2. The monoisotopic (exact) mass is 291 g/mol. The molecule has 1 fully saturated rings. The van der Waals surface area contributed by atoms with E-state index in [1.807, 2.05) is 6.07 Å². The number of ketones is 1. The van der Waals surface area contributed by atoms with Crippen LogP contribution >= 0.6 is 0 Å². The molecule has 0 N–H and O–H groups in total. The zero-order valence-corrected chi connectivity index (χ0v) is 12.3. The minimum atomic E-state index is -0.773. The Hall–Kier alpha value is -1.72. The highest BCUT2D eigenvalue weighted by Crippen LogP contribution is 2.14. The first kappa shape index (κ1) is 15.7. The van der Waals surface area contributed by atoms with E-state index in [1.165, 1.54) is 0 Å². The smallest absolute Gasteiger partial charge is 0.318 e. The van der Waals surface area contributed by atoms with E-state index in [1.54, 1.807) is 31.2 Å². The maximum Gasteiger partial charge on any atom is 0.318 e. The van der Waals surface area contributed by atoms with Gasteiger partial charge in [-0.15, -0.1) is 0 Å². The van der Waals surface area contributed by atoms with E-state index in [-0.39, 0.29) is 12.4 Å². The third-order valence-corrected chi connectivity index (χ3v) is 3.49. The van der Waals surface area contributed by atoms with Gasteiger partial charge in [0.2, 0.25) is 0 Å². The van der Waals surface area contributed by atoms with Crippen molar-refractivity contribution in [3.63, 3.8) is 0 Å². The van der Waals surface area contributed by atoms with Crippen LogP contribution in [0.5, 0.6) is 0 Å². The van der Waals surface area contributed by atoms with Gasteiger partial charge in [0.05, 0.1) is 19.8 Å². The second-order valence-electron chi connectivity index (χ2n) is 4.95. The van der Waals surface area contributed by atoms with E-state index in [4.69, 9.17) is 9.47 Å². The van der Waals surface area contributed by atoms with Crippen molar-refractivity contribution in [2.24, 2.45) is 5.92 Å². The van der Waals surface area contributed by atoms with Crippen molar-refractivity contribution in [3.05, 3.63) is 35.9 Å². The van der Waals surface area contributed by atoms with Crippen LogP contribution in [0.4, 0.5) is 0 Å². The van der Waals surface area contributed by atoms with Crippen LogP contribution in [-0.4, -0.2) is 56.1 Å². The van der Waals surface area contributed by atoms with Crippen molar-refractivity contribution >= 4 is 11.8 Å². The van der Waals surface area contributed by atoms with Crippen molar-refractivity contribution < 1.29 is 19.1 Å². The number of esters is 1. The molecule has 0 spiro atoms. The Morgan fingerprint density at radius 1 is 1.24 bits per heavy atom. The highest BCUT2D eigenvalue weighted by atomic mass is 16.5. The number of hydrogen-bond donors (Lipinski definition) is 0. The van der Waals surface area contributed by atoms with Crippen LogP contribution in [0.1, 0.15) is 17.3 Å². The summed E-state index contributed by atoms with van der Waals surface area (Å²) in [6.07, 6.45) is 0. The minimum absolute atomic E-state index is 0.180. The molecule has 1 unspecified atom stereocenters. The van der Waals surface area contributed by atoms with Crippen LogP contribution in [0.15, 0.2) is 30.3 Å². The Labute approximate surface area is 124 Å². The fourth-order valence-corrected chi connectivity index (χ4v) is 2.35. The van der Waals surface area contributed by atoms with E-state index in [0.717, 1.165) is 13.1 Å². The van der Waals surface area contributed by atoms with Crippen molar-refractivity contribution in [3.8, 4) is 0 Å². The molecule has 0 saturated carbocycles. The number of ether oxygens (including phenoxy) is 2. The zero-order chi connectivity index (χ0) is 15.1. The first-order valence-corrected chi connectivity index (χ1v) is 7.28. The van der Waals surface area contributed by atoms with E-state index in [2.05, 4.69) is 4.90 Å². The third-order valence-electron chi connectivity index (χ3n) is 3.49. The number of nitrogens with zero attached hydrogens (tertiary/aromatic N) is 1. The molecule has 5 heteroatoms. The summed E-state index contributed by atoms with van der Waals surface area (Å²) in [6, 6.07) is 8.90. The van der Waals surface area contributed by atoms with Gasteiger partial charge < -0.3 is 9.47 Å². The molecule has 114 valence electrons. The summed E-state index contributed by atoms with van der Waals surface area (Å²) >= 11 is 0. The number of benzene rings is 1. The second kappa shape index (κ2) is 7.90. The van der Waals surface area contributed by atoms with Crippen LogP contribution in [0, 0.1) is 5.92 Å². The molecule has 1 atom stereocenters. The van der Waals surface area contributed by atoms with Gasteiger partial charge in [-0.1, -0.05) is 30.3 Å². The van der Waals surface area contributed by atoms with E-state index < -0.39 is 11.9 Å². The Kier molecular flexibility index (Phi) is 5.90. The highest BCUT2D eigenvalue weighted by molar-refractivity contribution is 6.08. The predicted octanol–water partition coefficient (Wildman–Crippen LogP) is 1.38. The summed E-state index contributed by atoms with van der Waals surface area (Å²) < 4.78 is 10.4. The topological polar surface area (TPSA) is 55.8 Å². The van der Waals surface area contributed by atoms with Crippen LogP contribution in [-0.2, 0) is 14.3 Å². The first-order chi connectivity index (χ1) is 10.2. The van der Waals surface area contributed by atoms with Crippen molar-refractivity contribution in [2.45, 2.75) is 6.92 Å². The van der Waals surface area contributed by atoms with E-state index in [0.29, 0.717) is 25.3 Å². The largest absolute Gasteiger partial charge is 0.465 e. The van der Waals surface area contributed by atoms with Gasteiger partial charge in [-0.2, -0.15) is 0 Å². The highest BCUT2D eigenvalue weighted by Gasteiger charge is 2.31. The molecule has 21 heavy (non-hydrogen) atoms. The number of morpholine rings is 1. The lowest BCUT2D eigenvalue weighted by Gasteiger charge is -2.29. The molecule has 2 rings (SSSR count). The Morgan fingerprint density at radius 3 is 2.52 bits per heavy atom. The van der Waals surface area contributed by atoms with E-state index >= 15 is 0 Å². The fraction of sp³-hybridized carbons (Fsp3) is 0.500. The van der Waals surface area contributed by atoms with Crippen LogP contribution in [0.3, 0.4) is 0 Å². The van der Waals surface area contributed by atoms with Crippen molar-refractivity contribution in [1.82, 2.24) is 4.90 Å². The Balaban J connectivity index is 2.11. The van der Waals surface area contributed by atoms with Crippen LogP contribution in [0.2, 0.25) is 0 Å². The molecular weight excluding hydrogens is 270 g/mol. The van der Waals surface area contributed by atoms with Gasteiger partial charge in [-0.3, -0.25) is 14.5 Å². The number of carbonyl (C=O) groups is 2. The van der Waals surface area contributed by atoms with Gasteiger partial charge in [0.15, 0.2) is 5.78 Å². The number of rotatable bonds is 6. The summed E-state index contributed by atoms with van der Waals surface area (Å²) in [5.74, 6) is -1.40. The molecule has 1 heterocycles. The minimum Gasteiger partial charge on any atom is -0.465 e. The SMILES string of the molecule is CCOC(=O)C(CN1CCOCC1)C(=O)c1ccccc1. The summed E-state index contributed by atoms with van der Waals surface area (Å²) in [5, 5.41) is 0. The summed E-state index contributed by atoms with van der Waals surface area (Å²) in [6.45, 7) is 5.15. The zero-order valence-electron chi connectivity index (χ0n) is 12.3. The fourth-order valence-electron chi connectivity index (χ4n) is 2.35. The number of carbonyl (C=O) groups excluding carboxylic acids is 2. The van der Waals surface area contributed by atoms with Gasteiger partial charge in [-0.25, -0.2) is 0 Å².